The van der Waals surface area contributed by atoms with Crippen molar-refractivity contribution in [1.82, 2.24) is 9.80 Å². The van der Waals surface area contributed by atoms with Crippen molar-refractivity contribution < 1.29 is 18.0 Å². The Morgan fingerprint density at radius 2 is 1.76 bits per heavy atom. The predicted molar refractivity (Wildman–Crippen MR) is 114 cm³/mol. The number of hydrogen-bond acceptors (Lipinski definition) is 5. The molecule has 160 valence electrons. The summed E-state index contributed by atoms with van der Waals surface area (Å²) in [4.78, 5) is 29.2. The van der Waals surface area contributed by atoms with E-state index < -0.39 is 9.84 Å². The number of amides is 2. The zero-order chi connectivity index (χ0) is 20.9. The van der Waals surface area contributed by atoms with Crippen molar-refractivity contribution in [2.75, 3.05) is 50.0 Å². The number of piperazine rings is 1. The van der Waals surface area contributed by atoms with Crippen LogP contribution in [0.15, 0.2) is 24.3 Å². The smallest absolute Gasteiger partial charge is 0.254 e. The van der Waals surface area contributed by atoms with Crippen LogP contribution in [-0.2, 0) is 14.6 Å². The quantitative estimate of drug-likeness (QED) is 0.759. The molecule has 1 aliphatic carbocycles. The van der Waals surface area contributed by atoms with Crippen LogP contribution in [0.1, 0.15) is 42.5 Å². The second-order valence-electron chi connectivity index (χ2n) is 8.17. The third-order valence-corrected chi connectivity index (χ3v) is 6.71. The maximum absolute atomic E-state index is 12.9. The largest absolute Gasteiger partial charge is 0.336 e. The Balaban J connectivity index is 1.53. The third-order valence-electron chi connectivity index (χ3n) is 5.79. The Morgan fingerprint density at radius 3 is 2.41 bits per heavy atom. The van der Waals surface area contributed by atoms with Gasteiger partial charge in [-0.05, 0) is 31.0 Å². The van der Waals surface area contributed by atoms with Gasteiger partial charge in [0.1, 0.15) is 9.84 Å². The van der Waals surface area contributed by atoms with Crippen molar-refractivity contribution in [2.45, 2.75) is 32.1 Å². The number of hydrogen-bond donors (Lipinski definition) is 1. The molecule has 1 heterocycles. The summed E-state index contributed by atoms with van der Waals surface area (Å²) in [5.74, 6) is 0.211. The van der Waals surface area contributed by atoms with Crippen LogP contribution in [0.5, 0.6) is 0 Å². The van der Waals surface area contributed by atoms with E-state index in [1.165, 1.54) is 12.7 Å². The van der Waals surface area contributed by atoms with Crippen molar-refractivity contribution in [3.63, 3.8) is 0 Å². The van der Waals surface area contributed by atoms with Crippen LogP contribution in [0.4, 0.5) is 5.69 Å². The molecule has 0 aromatic heterocycles. The summed E-state index contributed by atoms with van der Waals surface area (Å²) < 4.78 is 22.6. The number of anilines is 1. The average molecular weight is 422 g/mol. The Morgan fingerprint density at radius 1 is 1.07 bits per heavy atom. The predicted octanol–water partition coefficient (Wildman–Crippen LogP) is 2.01. The van der Waals surface area contributed by atoms with E-state index >= 15 is 0 Å². The van der Waals surface area contributed by atoms with Crippen LogP contribution in [-0.4, -0.2) is 74.8 Å². The lowest BCUT2D eigenvalue weighted by Gasteiger charge is -2.34. The maximum Gasteiger partial charge on any atom is 0.254 e. The minimum Gasteiger partial charge on any atom is -0.336 e. The summed E-state index contributed by atoms with van der Waals surface area (Å²) in [5.41, 5.74) is 1.23. The molecule has 0 spiro atoms. The van der Waals surface area contributed by atoms with E-state index in [0.29, 0.717) is 44.0 Å². The molecule has 2 amide bonds. The molecule has 0 unspecified atom stereocenters. The molecule has 1 saturated heterocycles. The highest BCUT2D eigenvalue weighted by Gasteiger charge is 2.24. The number of sulfone groups is 1. The topological polar surface area (TPSA) is 86.8 Å². The van der Waals surface area contributed by atoms with Crippen LogP contribution in [0.3, 0.4) is 0 Å². The fourth-order valence-corrected chi connectivity index (χ4v) is 4.58. The highest BCUT2D eigenvalue weighted by atomic mass is 32.2. The average Bonchev–Trinajstić information content (AvgIpc) is 2.72. The first-order valence-electron chi connectivity index (χ1n) is 10.4. The number of carbonyl (C=O) groups excluding carboxylic acids is 2. The molecule has 3 rings (SSSR count). The maximum atomic E-state index is 12.9. The molecule has 0 bridgehead atoms. The van der Waals surface area contributed by atoms with Crippen LogP contribution in [0, 0.1) is 5.92 Å². The van der Waals surface area contributed by atoms with Gasteiger partial charge >= 0.3 is 0 Å². The molecule has 1 aromatic rings. The highest BCUT2D eigenvalue weighted by molar-refractivity contribution is 7.90. The van der Waals surface area contributed by atoms with E-state index in [4.69, 9.17) is 0 Å². The summed E-state index contributed by atoms with van der Waals surface area (Å²) in [6, 6.07) is 7.14. The molecule has 1 N–H and O–H groups in total. The second kappa shape index (κ2) is 9.71. The zero-order valence-corrected chi connectivity index (χ0v) is 17.9. The SMILES string of the molecule is CS(=O)(=O)CCN1CCN(C(=O)c2cccc(NC(=O)C3CCCCC3)c2)CC1. The van der Waals surface area contributed by atoms with Gasteiger partial charge in [-0.25, -0.2) is 8.42 Å². The first kappa shape index (κ1) is 21.8. The van der Waals surface area contributed by atoms with Gasteiger partial charge in [-0.3, -0.25) is 14.5 Å². The molecule has 1 aromatic carbocycles. The van der Waals surface area contributed by atoms with Crippen LogP contribution in [0.25, 0.3) is 0 Å². The molecule has 1 saturated carbocycles. The lowest BCUT2D eigenvalue weighted by molar-refractivity contribution is -0.120. The molecule has 29 heavy (non-hydrogen) atoms. The molecule has 0 atom stereocenters. The van der Waals surface area contributed by atoms with Crippen LogP contribution >= 0.6 is 0 Å². The minimum absolute atomic E-state index is 0.0498. The van der Waals surface area contributed by atoms with Gasteiger partial charge in [0.2, 0.25) is 5.91 Å². The Hall–Kier alpha value is -1.93. The lowest BCUT2D eigenvalue weighted by atomic mass is 9.88. The van der Waals surface area contributed by atoms with Gasteiger partial charge in [0, 0.05) is 56.1 Å². The van der Waals surface area contributed by atoms with Crippen molar-refractivity contribution in [1.29, 1.82) is 0 Å². The lowest BCUT2D eigenvalue weighted by Crippen LogP contribution is -2.49. The van der Waals surface area contributed by atoms with Gasteiger partial charge in [0.25, 0.3) is 5.91 Å². The second-order valence-corrected chi connectivity index (χ2v) is 10.4. The number of nitrogens with zero attached hydrogens (tertiary/aromatic N) is 2. The first-order valence-corrected chi connectivity index (χ1v) is 12.5. The van der Waals surface area contributed by atoms with E-state index in [1.54, 1.807) is 23.1 Å². The number of nitrogens with one attached hydrogen (secondary N) is 1. The molecule has 0 radical (unpaired) electrons. The van der Waals surface area contributed by atoms with Gasteiger partial charge in [-0.15, -0.1) is 0 Å². The van der Waals surface area contributed by atoms with Crippen molar-refractivity contribution in [3.8, 4) is 0 Å². The van der Waals surface area contributed by atoms with E-state index in [2.05, 4.69) is 10.2 Å². The number of rotatable bonds is 6. The molecular formula is C21H31N3O4S. The molecule has 2 aliphatic rings. The molecule has 8 heteroatoms. The van der Waals surface area contributed by atoms with E-state index in [0.717, 1.165) is 25.7 Å². The monoisotopic (exact) mass is 421 g/mol. The summed E-state index contributed by atoms with van der Waals surface area (Å²) in [5, 5.41) is 2.97. The van der Waals surface area contributed by atoms with E-state index in [1.807, 2.05) is 6.07 Å². The van der Waals surface area contributed by atoms with Gasteiger partial charge in [-0.1, -0.05) is 25.3 Å². The standard InChI is InChI=1S/C21H31N3O4S/c1-29(27,28)15-14-23-10-12-24(13-11-23)21(26)18-8-5-9-19(16-18)22-20(25)17-6-3-2-4-7-17/h5,8-9,16-17H,2-4,6-7,10-15H2,1H3,(H,22,25). The summed E-state index contributed by atoms with van der Waals surface area (Å²) in [7, 11) is -2.98. The Kier molecular flexibility index (Phi) is 7.29. The van der Waals surface area contributed by atoms with Gasteiger partial charge in [0.05, 0.1) is 5.75 Å². The van der Waals surface area contributed by atoms with E-state index in [-0.39, 0.29) is 23.5 Å². The van der Waals surface area contributed by atoms with Crippen LogP contribution < -0.4 is 5.32 Å². The van der Waals surface area contributed by atoms with Crippen molar-refractivity contribution >= 4 is 27.3 Å². The normalized spacial score (nSPS) is 19.1. The Labute approximate surface area is 173 Å². The molecular weight excluding hydrogens is 390 g/mol. The first-order chi connectivity index (χ1) is 13.8. The highest BCUT2D eigenvalue weighted by Crippen LogP contribution is 2.25. The van der Waals surface area contributed by atoms with Gasteiger partial charge in [0.15, 0.2) is 0 Å². The van der Waals surface area contributed by atoms with Crippen molar-refractivity contribution in [2.24, 2.45) is 5.92 Å². The summed E-state index contributed by atoms with van der Waals surface area (Å²) in [6.45, 7) is 2.98. The molecule has 1 aliphatic heterocycles. The number of benzene rings is 1. The van der Waals surface area contributed by atoms with Crippen LogP contribution in [0.2, 0.25) is 0 Å². The third kappa shape index (κ3) is 6.54. The molecule has 7 nitrogen and oxygen atoms in total. The fourth-order valence-electron chi connectivity index (χ4n) is 3.99. The zero-order valence-electron chi connectivity index (χ0n) is 17.1. The van der Waals surface area contributed by atoms with E-state index in [9.17, 15) is 18.0 Å². The number of carbonyl (C=O) groups is 2. The van der Waals surface area contributed by atoms with Gasteiger partial charge in [-0.2, -0.15) is 0 Å². The Bertz CT molecular complexity index is 826. The summed E-state index contributed by atoms with van der Waals surface area (Å²) in [6.07, 6.45) is 6.53. The van der Waals surface area contributed by atoms with Crippen molar-refractivity contribution in [3.05, 3.63) is 29.8 Å². The van der Waals surface area contributed by atoms with Gasteiger partial charge < -0.3 is 10.2 Å². The summed E-state index contributed by atoms with van der Waals surface area (Å²) >= 11 is 0. The minimum atomic E-state index is -2.98. The fraction of sp³-hybridized carbons (Fsp3) is 0.619. The molecule has 2 fully saturated rings.